The number of nitrogens with one attached hydrogen (secondary N) is 2. The molecule has 1 aromatic rings. The van der Waals surface area contributed by atoms with Crippen LogP contribution in [0.4, 0.5) is 0 Å². The quantitative estimate of drug-likeness (QED) is 0.683. The summed E-state index contributed by atoms with van der Waals surface area (Å²) >= 11 is 0. The van der Waals surface area contributed by atoms with Crippen LogP contribution < -0.4 is 5.32 Å². The minimum atomic E-state index is 0.263. The number of piperidine rings is 1. The van der Waals surface area contributed by atoms with E-state index in [1.165, 1.54) is 12.8 Å². The van der Waals surface area contributed by atoms with E-state index in [0.717, 1.165) is 24.6 Å². The Morgan fingerprint density at radius 2 is 2.08 bits per heavy atom. The van der Waals surface area contributed by atoms with Crippen LogP contribution in [0.25, 0.3) is 0 Å². The third kappa shape index (κ3) is 1.61. The van der Waals surface area contributed by atoms with Crippen molar-refractivity contribution in [2.45, 2.75) is 32.1 Å². The van der Waals surface area contributed by atoms with E-state index in [2.05, 4.69) is 29.1 Å². The van der Waals surface area contributed by atoms with Crippen molar-refractivity contribution >= 4 is 0 Å². The van der Waals surface area contributed by atoms with Crippen LogP contribution in [0, 0.1) is 6.92 Å². The normalized spacial score (nSPS) is 21.7. The van der Waals surface area contributed by atoms with E-state index in [1.807, 2.05) is 6.20 Å². The summed E-state index contributed by atoms with van der Waals surface area (Å²) in [4.78, 5) is 7.78. The van der Waals surface area contributed by atoms with Gasteiger partial charge in [-0.05, 0) is 32.9 Å². The molecule has 1 aliphatic rings. The predicted molar refractivity (Wildman–Crippen MR) is 52.8 cm³/mol. The highest BCUT2D eigenvalue weighted by molar-refractivity contribution is 5.11. The van der Waals surface area contributed by atoms with E-state index in [-0.39, 0.29) is 5.41 Å². The number of hydrogen-bond acceptors (Lipinski definition) is 2. The van der Waals surface area contributed by atoms with Gasteiger partial charge in [-0.15, -0.1) is 0 Å². The third-order valence-electron chi connectivity index (χ3n) is 2.98. The lowest BCUT2D eigenvalue weighted by molar-refractivity contribution is 0.321. The molecule has 72 valence electrons. The van der Waals surface area contributed by atoms with Crippen molar-refractivity contribution in [2.24, 2.45) is 0 Å². The van der Waals surface area contributed by atoms with Gasteiger partial charge in [0.1, 0.15) is 5.82 Å². The number of H-pyrrole nitrogens is 1. The van der Waals surface area contributed by atoms with E-state index in [0.29, 0.717) is 0 Å². The molecular formula is C10H17N3. The highest BCUT2D eigenvalue weighted by Gasteiger charge is 2.30. The zero-order chi connectivity index (χ0) is 9.31. The van der Waals surface area contributed by atoms with Crippen molar-refractivity contribution < 1.29 is 0 Å². The largest absolute Gasteiger partial charge is 0.346 e. The van der Waals surface area contributed by atoms with Gasteiger partial charge in [0.15, 0.2) is 0 Å². The zero-order valence-electron chi connectivity index (χ0n) is 8.35. The maximum Gasteiger partial charge on any atom is 0.112 e. The van der Waals surface area contributed by atoms with Gasteiger partial charge in [0.25, 0.3) is 0 Å². The van der Waals surface area contributed by atoms with Crippen molar-refractivity contribution in [1.82, 2.24) is 15.3 Å². The van der Waals surface area contributed by atoms with Crippen molar-refractivity contribution in [1.29, 1.82) is 0 Å². The first-order valence-corrected chi connectivity index (χ1v) is 4.93. The van der Waals surface area contributed by atoms with Crippen LogP contribution in [0.5, 0.6) is 0 Å². The lowest BCUT2D eigenvalue weighted by atomic mass is 9.80. The van der Waals surface area contributed by atoms with Crippen LogP contribution in [0.1, 0.15) is 31.3 Å². The Bertz CT molecular complexity index is 284. The molecule has 3 nitrogen and oxygen atoms in total. The highest BCUT2D eigenvalue weighted by atomic mass is 15.0. The fourth-order valence-electron chi connectivity index (χ4n) is 1.93. The van der Waals surface area contributed by atoms with Gasteiger partial charge >= 0.3 is 0 Å². The van der Waals surface area contributed by atoms with Gasteiger partial charge in [0.2, 0.25) is 0 Å². The average Bonchev–Trinajstić information content (AvgIpc) is 2.54. The monoisotopic (exact) mass is 179 g/mol. The molecule has 2 rings (SSSR count). The molecular weight excluding hydrogens is 162 g/mol. The molecule has 0 aromatic carbocycles. The molecule has 2 N–H and O–H groups in total. The Morgan fingerprint density at radius 1 is 1.38 bits per heavy atom. The fraction of sp³-hybridized carbons (Fsp3) is 0.700. The Morgan fingerprint density at radius 3 is 2.62 bits per heavy atom. The Hall–Kier alpha value is -0.830. The summed E-state index contributed by atoms with van der Waals surface area (Å²) < 4.78 is 0. The van der Waals surface area contributed by atoms with Gasteiger partial charge < -0.3 is 10.3 Å². The van der Waals surface area contributed by atoms with Crippen molar-refractivity contribution in [3.05, 3.63) is 17.7 Å². The van der Waals surface area contributed by atoms with Crippen LogP contribution in [-0.2, 0) is 5.41 Å². The predicted octanol–water partition coefficient (Wildman–Crippen LogP) is 1.36. The summed E-state index contributed by atoms with van der Waals surface area (Å²) in [7, 11) is 0. The Labute approximate surface area is 79.0 Å². The van der Waals surface area contributed by atoms with Crippen LogP contribution >= 0.6 is 0 Å². The van der Waals surface area contributed by atoms with Crippen LogP contribution in [0.15, 0.2) is 6.20 Å². The van der Waals surface area contributed by atoms with Crippen molar-refractivity contribution in [2.75, 3.05) is 13.1 Å². The maximum atomic E-state index is 4.43. The fourth-order valence-corrected chi connectivity index (χ4v) is 1.93. The number of aromatic amines is 1. The number of imidazole rings is 1. The second kappa shape index (κ2) is 3.14. The molecule has 0 amide bonds. The first-order chi connectivity index (χ1) is 6.21. The Kier molecular flexibility index (Phi) is 2.12. The summed E-state index contributed by atoms with van der Waals surface area (Å²) in [5.41, 5.74) is 1.43. The summed E-state index contributed by atoms with van der Waals surface area (Å²) in [5.74, 6) is 1.16. The van der Waals surface area contributed by atoms with E-state index in [4.69, 9.17) is 0 Å². The highest BCUT2D eigenvalue weighted by Crippen LogP contribution is 2.30. The molecule has 0 unspecified atom stereocenters. The SMILES string of the molecule is Cc1cnc(C2(C)CCNCC2)[nH]1. The molecule has 0 saturated carbocycles. The lowest BCUT2D eigenvalue weighted by Crippen LogP contribution is -2.38. The van der Waals surface area contributed by atoms with E-state index in [9.17, 15) is 0 Å². The summed E-state index contributed by atoms with van der Waals surface area (Å²) in [5, 5.41) is 3.37. The molecule has 13 heavy (non-hydrogen) atoms. The third-order valence-corrected chi connectivity index (χ3v) is 2.98. The topological polar surface area (TPSA) is 40.7 Å². The van der Waals surface area contributed by atoms with Gasteiger partial charge in [-0.2, -0.15) is 0 Å². The molecule has 1 aromatic heterocycles. The van der Waals surface area contributed by atoms with E-state index < -0.39 is 0 Å². The first-order valence-electron chi connectivity index (χ1n) is 4.93. The van der Waals surface area contributed by atoms with Crippen molar-refractivity contribution in [3.8, 4) is 0 Å². The van der Waals surface area contributed by atoms with Crippen LogP contribution in [0.2, 0.25) is 0 Å². The molecule has 2 heterocycles. The summed E-state index contributed by atoms with van der Waals surface area (Å²) in [6, 6.07) is 0. The minimum Gasteiger partial charge on any atom is -0.346 e. The standard InChI is InChI=1S/C10H17N3/c1-8-7-12-9(13-8)10(2)3-5-11-6-4-10/h7,11H,3-6H2,1-2H3,(H,12,13). The maximum absolute atomic E-state index is 4.43. The molecule has 0 bridgehead atoms. The van der Waals surface area contributed by atoms with Gasteiger partial charge in [0.05, 0.1) is 0 Å². The zero-order valence-corrected chi connectivity index (χ0v) is 8.35. The van der Waals surface area contributed by atoms with Gasteiger partial charge in [-0.25, -0.2) is 4.98 Å². The second-order valence-electron chi connectivity index (χ2n) is 4.23. The van der Waals surface area contributed by atoms with Gasteiger partial charge in [-0.3, -0.25) is 0 Å². The molecule has 1 saturated heterocycles. The summed E-state index contributed by atoms with van der Waals surface area (Å²) in [6.45, 7) is 6.57. The molecule has 1 aliphatic heterocycles. The molecule has 0 atom stereocenters. The number of nitrogens with zero attached hydrogens (tertiary/aromatic N) is 1. The van der Waals surface area contributed by atoms with Gasteiger partial charge in [0, 0.05) is 17.3 Å². The number of rotatable bonds is 1. The van der Waals surface area contributed by atoms with Crippen LogP contribution in [0.3, 0.4) is 0 Å². The van der Waals surface area contributed by atoms with Gasteiger partial charge in [-0.1, -0.05) is 6.92 Å². The first kappa shape index (κ1) is 8.75. The summed E-state index contributed by atoms with van der Waals surface area (Å²) in [6.07, 6.45) is 4.28. The minimum absolute atomic E-state index is 0.263. The molecule has 1 fully saturated rings. The lowest BCUT2D eigenvalue weighted by Gasteiger charge is -2.32. The Balaban J connectivity index is 2.22. The molecule has 0 aliphatic carbocycles. The van der Waals surface area contributed by atoms with E-state index in [1.54, 1.807) is 0 Å². The average molecular weight is 179 g/mol. The molecule has 3 heteroatoms. The number of hydrogen-bond donors (Lipinski definition) is 2. The van der Waals surface area contributed by atoms with Crippen LogP contribution in [-0.4, -0.2) is 23.1 Å². The smallest absolute Gasteiger partial charge is 0.112 e. The number of aromatic nitrogens is 2. The second-order valence-corrected chi connectivity index (χ2v) is 4.23. The van der Waals surface area contributed by atoms with Crippen molar-refractivity contribution in [3.63, 3.8) is 0 Å². The molecule has 0 spiro atoms. The van der Waals surface area contributed by atoms with E-state index >= 15 is 0 Å². The molecule has 0 radical (unpaired) electrons. The number of aryl methyl sites for hydroxylation is 1.